The van der Waals surface area contributed by atoms with Crippen LogP contribution in [0.15, 0.2) is 0 Å². The van der Waals surface area contributed by atoms with Crippen LogP contribution in [-0.2, 0) is 9.59 Å². The average molecular weight is 258 g/mol. The Balaban J connectivity index is 4.51. The fourth-order valence-corrected chi connectivity index (χ4v) is 1.78. The van der Waals surface area contributed by atoms with E-state index in [1.165, 1.54) is 0 Å². The highest BCUT2D eigenvalue weighted by molar-refractivity contribution is 6.44. The summed E-state index contributed by atoms with van der Waals surface area (Å²) in [6.45, 7) is 5.92. The van der Waals surface area contributed by atoms with Crippen LogP contribution in [0, 0.1) is 11.8 Å². The molecule has 2 amide bonds. The van der Waals surface area contributed by atoms with Gasteiger partial charge in [0.25, 0.3) is 0 Å². The van der Waals surface area contributed by atoms with Gasteiger partial charge in [-0.05, 0) is 18.8 Å². The first-order chi connectivity index (χ1) is 8.27. The van der Waals surface area contributed by atoms with E-state index in [2.05, 4.69) is 5.32 Å². The molecule has 0 radical (unpaired) electrons. The van der Waals surface area contributed by atoms with Crippen molar-refractivity contribution in [3.8, 4) is 0 Å². The molecule has 0 aromatic heterocycles. The highest BCUT2D eigenvalue weighted by Gasteiger charge is 2.29. The molecule has 0 spiro atoms. The smallest absolute Gasteiger partial charge is 0.426 e. The van der Waals surface area contributed by atoms with E-state index in [4.69, 9.17) is 15.8 Å². The number of hydrogen-bond acceptors (Lipinski definition) is 4. The summed E-state index contributed by atoms with van der Waals surface area (Å²) in [6.07, 6.45) is 1.09. The molecular formula is C11H23BN2O4. The van der Waals surface area contributed by atoms with Gasteiger partial charge in [0.15, 0.2) is 0 Å². The molecule has 18 heavy (non-hydrogen) atoms. The van der Waals surface area contributed by atoms with Crippen molar-refractivity contribution in [2.24, 2.45) is 17.6 Å². The molecule has 104 valence electrons. The lowest BCUT2D eigenvalue weighted by molar-refractivity contribution is -0.126. The van der Waals surface area contributed by atoms with Gasteiger partial charge in [0, 0.05) is 12.3 Å². The Labute approximate surface area is 108 Å². The summed E-state index contributed by atoms with van der Waals surface area (Å²) in [4.78, 5) is 22.7. The summed E-state index contributed by atoms with van der Waals surface area (Å²) in [7, 11) is -1.79. The summed E-state index contributed by atoms with van der Waals surface area (Å²) >= 11 is 0. The monoisotopic (exact) mass is 258 g/mol. The third-order valence-electron chi connectivity index (χ3n) is 2.73. The molecular weight excluding hydrogens is 235 g/mol. The van der Waals surface area contributed by atoms with Gasteiger partial charge < -0.3 is 21.1 Å². The lowest BCUT2D eigenvalue weighted by Gasteiger charge is -2.21. The Hall–Kier alpha value is -1.08. The molecule has 2 atom stereocenters. The molecule has 0 saturated carbocycles. The third kappa shape index (κ3) is 6.61. The zero-order chi connectivity index (χ0) is 14.3. The van der Waals surface area contributed by atoms with Gasteiger partial charge in [0.2, 0.25) is 11.8 Å². The zero-order valence-electron chi connectivity index (χ0n) is 11.2. The van der Waals surface area contributed by atoms with Crippen molar-refractivity contribution in [2.75, 3.05) is 0 Å². The summed E-state index contributed by atoms with van der Waals surface area (Å²) in [5.41, 5.74) is 4.98. The number of carbonyl (C=O) groups is 2. The largest absolute Gasteiger partial charge is 0.475 e. The van der Waals surface area contributed by atoms with Gasteiger partial charge in [0.1, 0.15) is 0 Å². The molecule has 0 bridgehead atoms. The quantitative estimate of drug-likeness (QED) is 0.437. The Morgan fingerprint density at radius 3 is 2.22 bits per heavy atom. The first-order valence-electron chi connectivity index (χ1n) is 6.22. The van der Waals surface area contributed by atoms with Crippen LogP contribution in [0.1, 0.15) is 40.0 Å². The molecule has 7 heteroatoms. The maximum absolute atomic E-state index is 11.9. The van der Waals surface area contributed by atoms with E-state index in [0.717, 1.165) is 0 Å². The average Bonchev–Trinajstić information content (AvgIpc) is 2.23. The number of nitrogens with one attached hydrogen (secondary N) is 1. The number of amides is 2. The summed E-state index contributed by atoms with van der Waals surface area (Å²) in [5.74, 6) is -1.83. The van der Waals surface area contributed by atoms with Gasteiger partial charge in [-0.25, -0.2) is 0 Å². The van der Waals surface area contributed by atoms with E-state index in [1.54, 1.807) is 0 Å². The minimum absolute atomic E-state index is 0.195. The lowest BCUT2D eigenvalue weighted by Crippen LogP contribution is -2.50. The van der Waals surface area contributed by atoms with Gasteiger partial charge in [-0.1, -0.05) is 20.8 Å². The summed E-state index contributed by atoms with van der Waals surface area (Å²) in [6, 6.07) is 0. The Morgan fingerprint density at radius 1 is 1.33 bits per heavy atom. The fraction of sp³-hybridized carbons (Fsp3) is 0.818. The Bertz CT molecular complexity index is 284. The molecule has 0 heterocycles. The molecule has 0 fully saturated rings. The van der Waals surface area contributed by atoms with E-state index >= 15 is 0 Å². The van der Waals surface area contributed by atoms with Gasteiger partial charge in [0.05, 0.1) is 5.94 Å². The van der Waals surface area contributed by atoms with Crippen LogP contribution in [0.5, 0.6) is 0 Å². The summed E-state index contributed by atoms with van der Waals surface area (Å²) in [5, 5.41) is 20.6. The van der Waals surface area contributed by atoms with Crippen LogP contribution in [-0.4, -0.2) is 34.9 Å². The molecule has 0 aliphatic carbocycles. The maximum atomic E-state index is 11.9. The van der Waals surface area contributed by atoms with Crippen LogP contribution in [0.2, 0.25) is 0 Å². The Kier molecular flexibility index (Phi) is 7.62. The van der Waals surface area contributed by atoms with Gasteiger partial charge in [-0.15, -0.1) is 0 Å². The number of carbonyl (C=O) groups excluding carboxylic acids is 2. The van der Waals surface area contributed by atoms with Crippen molar-refractivity contribution < 1.29 is 19.6 Å². The van der Waals surface area contributed by atoms with E-state index < -0.39 is 19.0 Å². The highest BCUT2D eigenvalue weighted by Crippen LogP contribution is 2.15. The molecule has 1 unspecified atom stereocenters. The second-order valence-electron chi connectivity index (χ2n) is 4.93. The third-order valence-corrected chi connectivity index (χ3v) is 2.73. The van der Waals surface area contributed by atoms with Crippen LogP contribution >= 0.6 is 0 Å². The zero-order valence-corrected chi connectivity index (χ0v) is 11.2. The van der Waals surface area contributed by atoms with E-state index in [-0.39, 0.29) is 18.2 Å². The van der Waals surface area contributed by atoms with Crippen LogP contribution in [0.4, 0.5) is 0 Å². The van der Waals surface area contributed by atoms with E-state index in [1.807, 2.05) is 20.8 Å². The van der Waals surface area contributed by atoms with Crippen LogP contribution in [0.3, 0.4) is 0 Å². The Morgan fingerprint density at radius 2 is 1.89 bits per heavy atom. The number of rotatable bonds is 8. The van der Waals surface area contributed by atoms with Crippen molar-refractivity contribution in [2.45, 2.75) is 46.0 Å². The summed E-state index contributed by atoms with van der Waals surface area (Å²) < 4.78 is 0. The van der Waals surface area contributed by atoms with Gasteiger partial charge >= 0.3 is 7.12 Å². The fourth-order valence-electron chi connectivity index (χ4n) is 1.78. The molecule has 0 aromatic carbocycles. The minimum Gasteiger partial charge on any atom is -0.426 e. The number of primary amides is 1. The normalized spacial score (nSPS) is 14.1. The molecule has 0 aliphatic heterocycles. The van der Waals surface area contributed by atoms with Crippen molar-refractivity contribution >= 4 is 18.9 Å². The van der Waals surface area contributed by atoms with Gasteiger partial charge in [-0.2, -0.15) is 0 Å². The highest BCUT2D eigenvalue weighted by atomic mass is 16.4. The first kappa shape index (κ1) is 16.9. The number of nitrogens with two attached hydrogens (primary N) is 1. The van der Waals surface area contributed by atoms with Crippen LogP contribution < -0.4 is 11.1 Å². The lowest BCUT2D eigenvalue weighted by atomic mass is 9.76. The first-order valence-corrected chi connectivity index (χ1v) is 6.22. The predicted molar refractivity (Wildman–Crippen MR) is 69.2 cm³/mol. The van der Waals surface area contributed by atoms with E-state index in [0.29, 0.717) is 18.8 Å². The molecule has 5 N–H and O–H groups in total. The van der Waals surface area contributed by atoms with Gasteiger partial charge in [-0.3, -0.25) is 9.59 Å². The van der Waals surface area contributed by atoms with Crippen molar-refractivity contribution in [3.05, 3.63) is 0 Å². The van der Waals surface area contributed by atoms with Crippen molar-refractivity contribution in [1.82, 2.24) is 5.32 Å². The molecule has 0 aliphatic rings. The molecule has 0 rings (SSSR count). The second-order valence-corrected chi connectivity index (χ2v) is 4.93. The maximum Gasteiger partial charge on any atom is 0.475 e. The SMILES string of the molecule is CCC(CC(C)C)C(=O)N[C@H](CC(N)=O)B(O)O. The number of hydrogen-bond donors (Lipinski definition) is 4. The van der Waals surface area contributed by atoms with Crippen LogP contribution in [0.25, 0.3) is 0 Å². The minimum atomic E-state index is -1.79. The second kappa shape index (κ2) is 8.10. The van der Waals surface area contributed by atoms with E-state index in [9.17, 15) is 9.59 Å². The topological polar surface area (TPSA) is 113 Å². The molecule has 0 saturated heterocycles. The van der Waals surface area contributed by atoms with Crippen molar-refractivity contribution in [3.63, 3.8) is 0 Å². The molecule has 6 nitrogen and oxygen atoms in total. The predicted octanol–water partition coefficient (Wildman–Crippen LogP) is -0.569. The van der Waals surface area contributed by atoms with Crippen molar-refractivity contribution in [1.29, 1.82) is 0 Å². The standard InChI is InChI=1S/C11H23BN2O4/c1-4-8(5-7(2)3)11(16)14-9(12(17)18)6-10(13)15/h7-9,17-18H,4-6H2,1-3H3,(H2,13,15)(H,14,16)/t8?,9-/m1/s1. The molecule has 0 aromatic rings.